The van der Waals surface area contributed by atoms with Crippen LogP contribution in [0.5, 0.6) is 0 Å². The second-order valence-electron chi connectivity index (χ2n) is 6.45. The number of aromatic nitrogens is 2. The molecule has 0 radical (unpaired) electrons. The number of hydrogen-bond acceptors (Lipinski definition) is 5. The van der Waals surface area contributed by atoms with E-state index < -0.39 is 0 Å². The fourth-order valence-electron chi connectivity index (χ4n) is 3.44. The Morgan fingerprint density at radius 1 is 1.17 bits per heavy atom. The van der Waals surface area contributed by atoms with Gasteiger partial charge in [0.15, 0.2) is 0 Å². The van der Waals surface area contributed by atoms with Crippen molar-refractivity contribution in [1.29, 1.82) is 0 Å². The Morgan fingerprint density at radius 3 is 2.83 bits per heavy atom. The minimum absolute atomic E-state index is 0.366. The highest BCUT2D eigenvalue weighted by Gasteiger charge is 2.49. The highest BCUT2D eigenvalue weighted by atomic mass is 32.2. The Labute approximate surface area is 141 Å². The minimum Gasteiger partial charge on any atom is -0.371 e. The van der Waals surface area contributed by atoms with E-state index in [1.165, 1.54) is 18.7 Å². The lowest BCUT2D eigenvalue weighted by molar-refractivity contribution is 0.0251. The number of hydrogen-bond donors (Lipinski definition) is 0. The van der Waals surface area contributed by atoms with Crippen LogP contribution in [-0.2, 0) is 17.9 Å². The van der Waals surface area contributed by atoms with Gasteiger partial charge in [-0.3, -0.25) is 14.9 Å². The van der Waals surface area contributed by atoms with Crippen molar-refractivity contribution in [1.82, 2.24) is 14.9 Å². The lowest BCUT2D eigenvalue weighted by Gasteiger charge is -2.47. The summed E-state index contributed by atoms with van der Waals surface area (Å²) in [4.78, 5) is 10.9. The zero-order valence-corrected chi connectivity index (χ0v) is 13.9. The molecule has 0 saturated carbocycles. The lowest BCUT2D eigenvalue weighted by Crippen LogP contribution is -2.58. The molecule has 2 aromatic heterocycles. The van der Waals surface area contributed by atoms with Gasteiger partial charge in [-0.05, 0) is 36.2 Å². The molecule has 4 nitrogen and oxygen atoms in total. The molecular weight excluding hydrogens is 306 g/mol. The molecule has 1 spiro atoms. The largest absolute Gasteiger partial charge is 0.371 e. The van der Waals surface area contributed by atoms with Crippen LogP contribution in [-0.4, -0.2) is 44.6 Å². The molecule has 2 aromatic rings. The van der Waals surface area contributed by atoms with Crippen molar-refractivity contribution in [3.8, 4) is 0 Å². The summed E-state index contributed by atoms with van der Waals surface area (Å²) >= 11 is 2.09. The van der Waals surface area contributed by atoms with Crippen LogP contribution in [0.15, 0.2) is 48.9 Å². The molecule has 0 unspecified atom stereocenters. The summed E-state index contributed by atoms with van der Waals surface area (Å²) < 4.78 is 6.48. The Hall–Kier alpha value is -1.43. The fraction of sp³-hybridized carbons (Fsp3) is 0.444. The van der Waals surface area contributed by atoms with Crippen LogP contribution < -0.4 is 0 Å². The molecule has 2 aliphatic rings. The van der Waals surface area contributed by atoms with Crippen LogP contribution in [0.4, 0.5) is 0 Å². The van der Waals surface area contributed by atoms with Gasteiger partial charge in [-0.2, -0.15) is 0 Å². The molecule has 0 amide bonds. The molecule has 1 atom stereocenters. The third kappa shape index (κ3) is 3.57. The summed E-state index contributed by atoms with van der Waals surface area (Å²) in [6.07, 6.45) is 7.10. The van der Waals surface area contributed by atoms with E-state index in [2.05, 4.69) is 38.8 Å². The van der Waals surface area contributed by atoms with Crippen LogP contribution >= 0.6 is 11.8 Å². The summed E-state index contributed by atoms with van der Waals surface area (Å²) in [5.41, 5.74) is 2.37. The normalized spacial score (nSPS) is 23.0. The zero-order valence-electron chi connectivity index (χ0n) is 13.1. The number of likely N-dealkylation sites (tertiary alicyclic amines) is 1. The summed E-state index contributed by atoms with van der Waals surface area (Å²) in [7, 11) is 0. The predicted octanol–water partition coefficient (Wildman–Crippen LogP) is 2.75. The summed E-state index contributed by atoms with van der Waals surface area (Å²) in [5, 5.41) is 0. The van der Waals surface area contributed by atoms with Gasteiger partial charge in [0, 0.05) is 48.7 Å². The van der Waals surface area contributed by atoms with Crippen molar-refractivity contribution in [2.75, 3.05) is 18.8 Å². The molecule has 0 bridgehead atoms. The van der Waals surface area contributed by atoms with Crippen molar-refractivity contribution >= 4 is 11.8 Å². The second kappa shape index (κ2) is 6.59. The maximum absolute atomic E-state index is 6.06. The molecule has 2 fully saturated rings. The van der Waals surface area contributed by atoms with Gasteiger partial charge in [0.25, 0.3) is 0 Å². The quantitative estimate of drug-likeness (QED) is 0.844. The summed E-state index contributed by atoms with van der Waals surface area (Å²) in [5.74, 6) is 1.11. The topological polar surface area (TPSA) is 38.2 Å². The van der Waals surface area contributed by atoms with Crippen LogP contribution in [0.1, 0.15) is 17.7 Å². The van der Waals surface area contributed by atoms with Gasteiger partial charge < -0.3 is 4.74 Å². The van der Waals surface area contributed by atoms with Crippen LogP contribution in [0.25, 0.3) is 0 Å². The van der Waals surface area contributed by atoms with E-state index in [0.717, 1.165) is 24.4 Å². The molecule has 0 aliphatic carbocycles. The third-order valence-corrected chi connectivity index (χ3v) is 6.12. The van der Waals surface area contributed by atoms with E-state index >= 15 is 0 Å². The molecule has 120 valence electrons. The van der Waals surface area contributed by atoms with E-state index in [-0.39, 0.29) is 0 Å². The first kappa shape index (κ1) is 15.1. The van der Waals surface area contributed by atoms with Gasteiger partial charge in [0.05, 0.1) is 18.4 Å². The Bertz CT molecular complexity index is 631. The van der Waals surface area contributed by atoms with Gasteiger partial charge in [-0.25, -0.2) is 0 Å². The van der Waals surface area contributed by atoms with Gasteiger partial charge in [0.2, 0.25) is 0 Å². The van der Waals surface area contributed by atoms with Crippen LogP contribution in [0, 0.1) is 0 Å². The van der Waals surface area contributed by atoms with E-state index in [9.17, 15) is 0 Å². The first-order valence-electron chi connectivity index (χ1n) is 8.08. The summed E-state index contributed by atoms with van der Waals surface area (Å²) in [6, 6.07) is 10.2. The molecule has 4 rings (SSSR count). The van der Waals surface area contributed by atoms with Gasteiger partial charge >= 0.3 is 0 Å². The monoisotopic (exact) mass is 327 g/mol. The predicted molar refractivity (Wildman–Crippen MR) is 92.1 cm³/mol. The molecule has 2 aliphatic heterocycles. The second-order valence-corrected chi connectivity index (χ2v) is 7.94. The van der Waals surface area contributed by atoms with Crippen LogP contribution in [0.2, 0.25) is 0 Å². The molecule has 0 N–H and O–H groups in total. The van der Waals surface area contributed by atoms with E-state index in [0.29, 0.717) is 17.5 Å². The third-order valence-electron chi connectivity index (χ3n) is 4.55. The smallest absolute Gasteiger partial charge is 0.0892 e. The molecule has 2 saturated heterocycles. The van der Waals surface area contributed by atoms with E-state index in [1.54, 1.807) is 0 Å². The zero-order chi connectivity index (χ0) is 15.5. The standard InChI is InChI=1S/C18H21N3OS/c1-2-6-20-16(3-1)11-22-17-9-18(23-12-17)13-21(14-18)10-15-4-7-19-8-5-15/h1-8,17H,9-14H2/t17-/m0/s1. The number of rotatable bonds is 5. The van der Waals surface area contributed by atoms with E-state index in [1.807, 2.05) is 36.8 Å². The lowest BCUT2D eigenvalue weighted by atomic mass is 9.92. The molecular formula is C18H21N3OS. The Balaban J connectivity index is 1.24. The van der Waals surface area contributed by atoms with Crippen molar-refractivity contribution in [2.24, 2.45) is 0 Å². The number of thioether (sulfide) groups is 1. The van der Waals surface area contributed by atoms with Crippen LogP contribution in [0.3, 0.4) is 0 Å². The molecule has 5 heteroatoms. The average molecular weight is 327 g/mol. The van der Waals surface area contributed by atoms with E-state index in [4.69, 9.17) is 4.74 Å². The maximum Gasteiger partial charge on any atom is 0.0892 e. The minimum atomic E-state index is 0.366. The average Bonchev–Trinajstić information content (AvgIpc) is 2.99. The number of ether oxygens (including phenoxy) is 1. The summed E-state index contributed by atoms with van der Waals surface area (Å²) in [6.45, 7) is 4.00. The number of nitrogens with zero attached hydrogens (tertiary/aromatic N) is 3. The maximum atomic E-state index is 6.06. The fourth-order valence-corrected chi connectivity index (χ4v) is 5.05. The first-order chi connectivity index (χ1) is 11.3. The van der Waals surface area contributed by atoms with Crippen molar-refractivity contribution in [3.63, 3.8) is 0 Å². The van der Waals surface area contributed by atoms with Crippen molar-refractivity contribution in [2.45, 2.75) is 30.4 Å². The molecule has 4 heterocycles. The van der Waals surface area contributed by atoms with Gasteiger partial charge in [0.1, 0.15) is 0 Å². The van der Waals surface area contributed by atoms with Gasteiger partial charge in [-0.1, -0.05) is 6.07 Å². The Kier molecular flexibility index (Phi) is 4.33. The highest BCUT2D eigenvalue weighted by Crippen LogP contribution is 2.46. The molecule has 23 heavy (non-hydrogen) atoms. The number of pyridine rings is 2. The SMILES string of the molecule is c1ccc(CO[C@@H]2CSC3(C2)CN(Cc2ccncc2)C3)nc1. The first-order valence-corrected chi connectivity index (χ1v) is 9.07. The van der Waals surface area contributed by atoms with Gasteiger partial charge in [-0.15, -0.1) is 11.8 Å². The van der Waals surface area contributed by atoms with Crippen molar-refractivity contribution in [3.05, 3.63) is 60.2 Å². The highest BCUT2D eigenvalue weighted by molar-refractivity contribution is 8.01. The Morgan fingerprint density at radius 2 is 2.04 bits per heavy atom. The van der Waals surface area contributed by atoms with Crippen molar-refractivity contribution < 1.29 is 4.74 Å². The molecule has 0 aromatic carbocycles.